The molecule has 2 heterocycles. The second kappa shape index (κ2) is 5.94. The number of rotatable bonds is 0. The van der Waals surface area contributed by atoms with Gasteiger partial charge in [-0.25, -0.2) is 0 Å². The zero-order valence-electron chi connectivity index (χ0n) is 13.9. The van der Waals surface area contributed by atoms with Crippen molar-refractivity contribution in [2.24, 2.45) is 0 Å². The van der Waals surface area contributed by atoms with Crippen LogP contribution in [0.5, 0.6) is 0 Å². The van der Waals surface area contributed by atoms with E-state index in [1.165, 1.54) is 36.8 Å². The summed E-state index contributed by atoms with van der Waals surface area (Å²) in [5.74, 6) is 0. The van der Waals surface area contributed by atoms with Gasteiger partial charge in [0.15, 0.2) is 0 Å². The normalized spacial score (nSPS) is 29.1. The average Bonchev–Trinajstić information content (AvgIpc) is 3.07. The summed E-state index contributed by atoms with van der Waals surface area (Å²) in [6.45, 7) is 0. The van der Waals surface area contributed by atoms with Crippen molar-refractivity contribution in [1.82, 2.24) is 0 Å². The van der Waals surface area contributed by atoms with E-state index in [9.17, 15) is 0 Å². The summed E-state index contributed by atoms with van der Waals surface area (Å²) in [5.41, 5.74) is 10.1. The van der Waals surface area contributed by atoms with E-state index in [1.807, 2.05) is 0 Å². The molecule has 2 aliphatic carbocycles. The third-order valence-corrected chi connectivity index (χ3v) is 15.7. The predicted molar refractivity (Wildman–Crippen MR) is 90.7 cm³/mol. The van der Waals surface area contributed by atoms with Crippen LogP contribution < -0.4 is 24.8 Å². The topological polar surface area (TPSA) is 0 Å². The Bertz CT molecular complexity index is 854. The van der Waals surface area contributed by atoms with Crippen molar-refractivity contribution in [2.45, 2.75) is 32.0 Å². The minimum absolute atomic E-state index is 0. The molecule has 0 N–H and O–H groups in total. The van der Waals surface area contributed by atoms with E-state index in [2.05, 4.69) is 60.7 Å². The van der Waals surface area contributed by atoms with Gasteiger partial charge in [-0.05, 0) is 0 Å². The third kappa shape index (κ3) is 2.10. The van der Waals surface area contributed by atoms with E-state index in [-0.39, 0.29) is 24.8 Å². The summed E-state index contributed by atoms with van der Waals surface area (Å²) >= 11 is -0.944. The monoisotopic (exact) mass is 532 g/mol. The van der Waals surface area contributed by atoms with Gasteiger partial charge in [-0.15, -0.1) is 0 Å². The van der Waals surface area contributed by atoms with Gasteiger partial charge in [-0.3, -0.25) is 0 Å². The van der Waals surface area contributed by atoms with Crippen molar-refractivity contribution in [3.63, 3.8) is 0 Å². The number of hydrogen-bond acceptors (Lipinski definition) is 0. The fourth-order valence-corrected chi connectivity index (χ4v) is 15.2. The molecule has 2 bridgehead atoms. The van der Waals surface area contributed by atoms with Gasteiger partial charge >= 0.3 is 149 Å². The van der Waals surface area contributed by atoms with E-state index < -0.39 is 22.9 Å². The molecule has 2 aliphatic heterocycles. The molecular weight excluding hydrogens is 514 g/mol. The Morgan fingerprint density at radius 1 is 0.640 bits per heavy atom. The first-order valence-electron chi connectivity index (χ1n) is 8.72. The van der Waals surface area contributed by atoms with Crippen LogP contribution in [0.25, 0.3) is 12.2 Å². The van der Waals surface area contributed by atoms with E-state index in [0.717, 1.165) is 0 Å². The number of fused-ring (bicyclic) bond motifs is 2. The van der Waals surface area contributed by atoms with Gasteiger partial charge in [0.05, 0.1) is 0 Å². The van der Waals surface area contributed by atoms with Crippen LogP contribution in [0.15, 0.2) is 59.7 Å². The SMILES string of the molecule is C1=C2CC[C]34[Hf+2][C]2(CCC3=Cc2ccccc24)c2ccccc21.[Cl-].[Cl-]. The minimum Gasteiger partial charge on any atom is -1.00 e. The Labute approximate surface area is 173 Å². The second-order valence-corrected chi connectivity index (χ2v) is 14.5. The molecule has 3 heteroatoms. The van der Waals surface area contributed by atoms with Crippen LogP contribution in [-0.4, -0.2) is 0 Å². The molecule has 0 radical (unpaired) electrons. The summed E-state index contributed by atoms with van der Waals surface area (Å²) in [5, 5.41) is 0. The van der Waals surface area contributed by atoms with Crippen LogP contribution >= 0.6 is 0 Å². The fraction of sp³-hybridized carbons (Fsp3) is 0.273. The molecule has 2 unspecified atom stereocenters. The molecular formula is C22H18Cl2Hf. The largest absolute Gasteiger partial charge is 1.00 e. The van der Waals surface area contributed by atoms with Crippen LogP contribution in [0.3, 0.4) is 0 Å². The summed E-state index contributed by atoms with van der Waals surface area (Å²) < 4.78 is 1.03. The Morgan fingerprint density at radius 2 is 1.08 bits per heavy atom. The third-order valence-electron chi connectivity index (χ3n) is 6.56. The van der Waals surface area contributed by atoms with Crippen LogP contribution in [0, 0.1) is 0 Å². The van der Waals surface area contributed by atoms with Crippen molar-refractivity contribution in [1.29, 1.82) is 0 Å². The molecule has 0 aromatic heterocycles. The quantitative estimate of drug-likeness (QED) is 0.393. The maximum absolute atomic E-state index is 2.56. The summed E-state index contributed by atoms with van der Waals surface area (Å²) in [6.07, 6.45) is 10.5. The van der Waals surface area contributed by atoms with Crippen molar-refractivity contribution >= 4 is 12.2 Å². The molecule has 0 saturated carbocycles. The van der Waals surface area contributed by atoms with E-state index >= 15 is 0 Å². The molecule has 4 aliphatic rings. The van der Waals surface area contributed by atoms with Crippen LogP contribution in [0.4, 0.5) is 0 Å². The zero-order chi connectivity index (χ0) is 15.1. The molecule has 124 valence electrons. The van der Waals surface area contributed by atoms with Gasteiger partial charge in [0.25, 0.3) is 0 Å². The maximum atomic E-state index is 2.56. The smallest absolute Gasteiger partial charge is 1.00 e. The summed E-state index contributed by atoms with van der Waals surface area (Å²) in [4.78, 5) is 0. The molecule has 2 saturated heterocycles. The fourth-order valence-electron chi connectivity index (χ4n) is 5.58. The van der Waals surface area contributed by atoms with Crippen LogP contribution in [-0.2, 0) is 29.2 Å². The number of halogens is 2. The van der Waals surface area contributed by atoms with Crippen molar-refractivity contribution < 1.29 is 47.7 Å². The molecule has 6 rings (SSSR count). The van der Waals surface area contributed by atoms with Gasteiger partial charge in [-0.2, -0.15) is 0 Å². The Balaban J connectivity index is 0.000000784. The predicted octanol–water partition coefficient (Wildman–Crippen LogP) is -0.750. The van der Waals surface area contributed by atoms with Gasteiger partial charge in [0, 0.05) is 0 Å². The molecule has 2 fully saturated rings. The maximum Gasteiger partial charge on any atom is -1.00 e. The summed E-state index contributed by atoms with van der Waals surface area (Å²) in [6, 6.07) is 18.5. The molecule has 2 aromatic carbocycles. The van der Waals surface area contributed by atoms with E-state index in [4.69, 9.17) is 0 Å². The van der Waals surface area contributed by atoms with Crippen LogP contribution in [0.1, 0.15) is 47.9 Å². The molecule has 25 heavy (non-hydrogen) atoms. The first-order chi connectivity index (χ1) is 11.3. The van der Waals surface area contributed by atoms with Crippen molar-refractivity contribution in [2.75, 3.05) is 0 Å². The minimum atomic E-state index is -0.944. The number of hydrogen-bond donors (Lipinski definition) is 0. The van der Waals surface area contributed by atoms with Crippen LogP contribution in [0.2, 0.25) is 0 Å². The molecule has 2 spiro atoms. The van der Waals surface area contributed by atoms with Gasteiger partial charge in [-0.1, -0.05) is 0 Å². The van der Waals surface area contributed by atoms with Crippen molar-refractivity contribution in [3.8, 4) is 0 Å². The molecule has 0 nitrogen and oxygen atoms in total. The Morgan fingerprint density at radius 3 is 1.56 bits per heavy atom. The standard InChI is InChI=1S/C22H18.2ClH.Hf/c1-3-7-19-15(5-1)13-17-9-12-22-18(10-11-21(17)19)14-16-6-2-4-8-20(16)22;;;/h1-8,13-14H,9-12H2;2*1H;/q;;;+2/p-2. The average molecular weight is 532 g/mol. The number of allylic oxidation sites excluding steroid dienone is 2. The van der Waals surface area contributed by atoms with Gasteiger partial charge in [0.2, 0.25) is 0 Å². The number of benzene rings is 2. The summed E-state index contributed by atoms with van der Waals surface area (Å²) in [7, 11) is 0. The first kappa shape index (κ1) is 17.8. The van der Waals surface area contributed by atoms with Gasteiger partial charge in [0.1, 0.15) is 0 Å². The first-order valence-corrected chi connectivity index (χ1v) is 12.3. The van der Waals surface area contributed by atoms with Crippen molar-refractivity contribution in [3.05, 3.63) is 81.9 Å². The van der Waals surface area contributed by atoms with Gasteiger partial charge < -0.3 is 24.8 Å². The Kier molecular flexibility index (Phi) is 4.22. The molecule has 2 aromatic rings. The Hall–Kier alpha value is -0.630. The van der Waals surface area contributed by atoms with E-state index in [0.29, 0.717) is 6.34 Å². The molecule has 0 amide bonds. The molecule has 2 atom stereocenters. The second-order valence-electron chi connectivity index (χ2n) is 7.45. The zero-order valence-corrected chi connectivity index (χ0v) is 19.0. The van der Waals surface area contributed by atoms with E-state index in [1.54, 1.807) is 22.3 Å².